The summed E-state index contributed by atoms with van der Waals surface area (Å²) in [7, 11) is 0. The topological polar surface area (TPSA) is 57.9 Å². The van der Waals surface area contributed by atoms with Crippen molar-refractivity contribution in [3.8, 4) is 5.88 Å². The van der Waals surface area contributed by atoms with E-state index in [1.807, 2.05) is 0 Å². The molecule has 1 saturated carbocycles. The molecule has 3 rings (SSSR count). The molecule has 0 saturated heterocycles. The van der Waals surface area contributed by atoms with Crippen LogP contribution in [0.4, 0.5) is 0 Å². The van der Waals surface area contributed by atoms with Gasteiger partial charge in [0, 0.05) is 11.8 Å². The van der Waals surface area contributed by atoms with Gasteiger partial charge in [-0.25, -0.2) is 0 Å². The van der Waals surface area contributed by atoms with Gasteiger partial charge in [0.1, 0.15) is 5.60 Å². The summed E-state index contributed by atoms with van der Waals surface area (Å²) in [5.41, 5.74) is 0.437. The molecule has 1 aromatic heterocycles. The number of ether oxygens (including phenoxy) is 1. The molecule has 1 fully saturated rings. The molecule has 2 N–H and O–H groups in total. The largest absolute Gasteiger partial charge is 0.472 e. The van der Waals surface area contributed by atoms with Crippen LogP contribution in [0.5, 0.6) is 5.88 Å². The first kappa shape index (κ1) is 12.9. The average Bonchev–Trinajstić information content (AvgIpc) is 2.25. The third-order valence-corrected chi connectivity index (χ3v) is 4.89. The lowest BCUT2D eigenvalue weighted by Crippen LogP contribution is -2.48. The van der Waals surface area contributed by atoms with Gasteiger partial charge >= 0.3 is 0 Å². The first-order valence-electron chi connectivity index (χ1n) is 6.94. The molecule has 2 aliphatic rings. The van der Waals surface area contributed by atoms with E-state index in [1.165, 1.54) is 6.42 Å². The molecular formula is C14H20N2O2S. The minimum atomic E-state index is -0.246. The van der Waals surface area contributed by atoms with Crippen molar-refractivity contribution in [2.24, 2.45) is 11.8 Å². The number of nitrogens with one attached hydrogen (secondary N) is 2. The zero-order chi connectivity index (χ0) is 13.8. The predicted octanol–water partition coefficient (Wildman–Crippen LogP) is 3.12. The molecule has 0 amide bonds. The number of aromatic amines is 2. The van der Waals surface area contributed by atoms with Gasteiger partial charge in [-0.2, -0.15) is 0 Å². The van der Waals surface area contributed by atoms with Crippen LogP contribution in [-0.2, 0) is 0 Å². The maximum Gasteiger partial charge on any atom is 0.259 e. The van der Waals surface area contributed by atoms with E-state index in [9.17, 15) is 4.79 Å². The third-order valence-electron chi connectivity index (χ3n) is 4.68. The summed E-state index contributed by atoms with van der Waals surface area (Å²) in [6.07, 6.45) is 3.38. The third kappa shape index (κ3) is 2.04. The van der Waals surface area contributed by atoms with E-state index in [2.05, 4.69) is 30.7 Å². The molecule has 1 aliphatic carbocycles. The average molecular weight is 280 g/mol. The SMILES string of the molecule is C[C@@H]1CC[C@H]2[C@@H](C1)c1c([nH]c(=S)[nH]c1=O)OC2(C)C. The van der Waals surface area contributed by atoms with Gasteiger partial charge in [0.25, 0.3) is 5.56 Å². The molecule has 0 spiro atoms. The van der Waals surface area contributed by atoms with Crippen molar-refractivity contribution in [1.82, 2.24) is 9.97 Å². The lowest BCUT2D eigenvalue weighted by atomic mass is 9.65. The normalized spacial score (nSPS) is 32.1. The van der Waals surface area contributed by atoms with Crippen molar-refractivity contribution < 1.29 is 4.74 Å². The van der Waals surface area contributed by atoms with Crippen molar-refractivity contribution in [1.29, 1.82) is 0 Å². The zero-order valence-electron chi connectivity index (χ0n) is 11.6. The van der Waals surface area contributed by atoms with Gasteiger partial charge in [0.15, 0.2) is 4.77 Å². The Kier molecular flexibility index (Phi) is 2.85. The van der Waals surface area contributed by atoms with Crippen molar-refractivity contribution in [2.75, 3.05) is 0 Å². The molecule has 0 unspecified atom stereocenters. The summed E-state index contributed by atoms with van der Waals surface area (Å²) in [6, 6.07) is 0. The first-order valence-corrected chi connectivity index (χ1v) is 7.35. The summed E-state index contributed by atoms with van der Waals surface area (Å²) in [4.78, 5) is 17.9. The standard InChI is InChI=1S/C14H20N2O2S/c1-7-4-5-9-8(6-7)10-11(17)15-13(19)16-12(10)18-14(9,2)3/h7-9H,4-6H2,1-3H3,(H2,15,16,17,19)/t7-,8-,9+/m1/s1. The highest BCUT2D eigenvalue weighted by atomic mass is 32.1. The highest BCUT2D eigenvalue weighted by molar-refractivity contribution is 7.71. The summed E-state index contributed by atoms with van der Waals surface area (Å²) in [6.45, 7) is 6.49. The number of rotatable bonds is 0. The van der Waals surface area contributed by atoms with Crippen LogP contribution in [0.3, 0.4) is 0 Å². The van der Waals surface area contributed by atoms with Gasteiger partial charge in [0.05, 0.1) is 5.56 Å². The minimum Gasteiger partial charge on any atom is -0.472 e. The summed E-state index contributed by atoms with van der Waals surface area (Å²) in [5.74, 6) is 1.92. The van der Waals surface area contributed by atoms with Crippen molar-refractivity contribution in [3.63, 3.8) is 0 Å². The van der Waals surface area contributed by atoms with E-state index in [1.54, 1.807) is 0 Å². The fourth-order valence-electron chi connectivity index (χ4n) is 3.76. The molecule has 2 heterocycles. The van der Waals surface area contributed by atoms with E-state index in [0.29, 0.717) is 22.5 Å². The Labute approximate surface area is 117 Å². The Morgan fingerprint density at radius 2 is 2.05 bits per heavy atom. The van der Waals surface area contributed by atoms with Crippen LogP contribution in [0.1, 0.15) is 51.5 Å². The van der Waals surface area contributed by atoms with E-state index >= 15 is 0 Å². The summed E-state index contributed by atoms with van der Waals surface area (Å²) >= 11 is 5.04. The number of hydrogen-bond donors (Lipinski definition) is 2. The second-order valence-corrected chi connectivity index (χ2v) is 6.90. The number of hydrogen-bond acceptors (Lipinski definition) is 3. The van der Waals surface area contributed by atoms with E-state index in [4.69, 9.17) is 17.0 Å². The van der Waals surface area contributed by atoms with E-state index in [-0.39, 0.29) is 17.1 Å². The zero-order valence-corrected chi connectivity index (χ0v) is 12.4. The van der Waals surface area contributed by atoms with Gasteiger partial charge in [0.2, 0.25) is 5.88 Å². The molecular weight excluding hydrogens is 260 g/mol. The van der Waals surface area contributed by atoms with Crippen LogP contribution >= 0.6 is 12.2 Å². The quantitative estimate of drug-likeness (QED) is 0.718. The molecule has 1 aliphatic heterocycles. The monoisotopic (exact) mass is 280 g/mol. The Morgan fingerprint density at radius 1 is 1.32 bits per heavy atom. The minimum absolute atomic E-state index is 0.0849. The molecule has 0 aromatic carbocycles. The van der Waals surface area contributed by atoms with Gasteiger partial charge < -0.3 is 9.72 Å². The van der Waals surface area contributed by atoms with Gasteiger partial charge in [-0.05, 0) is 44.8 Å². The van der Waals surface area contributed by atoms with Crippen LogP contribution in [0, 0.1) is 16.6 Å². The predicted molar refractivity (Wildman–Crippen MR) is 76.2 cm³/mol. The Morgan fingerprint density at radius 3 is 2.79 bits per heavy atom. The van der Waals surface area contributed by atoms with Gasteiger partial charge in [-0.3, -0.25) is 9.78 Å². The lowest BCUT2D eigenvalue weighted by molar-refractivity contribution is -0.0186. The van der Waals surface area contributed by atoms with Crippen LogP contribution in [0.15, 0.2) is 4.79 Å². The molecule has 19 heavy (non-hydrogen) atoms. The summed E-state index contributed by atoms with van der Waals surface area (Å²) < 4.78 is 6.38. The van der Waals surface area contributed by atoms with Crippen molar-refractivity contribution in [3.05, 3.63) is 20.7 Å². The van der Waals surface area contributed by atoms with Crippen LogP contribution in [0.2, 0.25) is 0 Å². The summed E-state index contributed by atoms with van der Waals surface area (Å²) in [5, 5.41) is 0. The highest BCUT2D eigenvalue weighted by Crippen LogP contribution is 2.50. The van der Waals surface area contributed by atoms with E-state index in [0.717, 1.165) is 18.4 Å². The Hall–Kier alpha value is -1.10. The highest BCUT2D eigenvalue weighted by Gasteiger charge is 2.47. The maximum absolute atomic E-state index is 12.2. The van der Waals surface area contributed by atoms with Crippen molar-refractivity contribution >= 4 is 12.2 Å². The van der Waals surface area contributed by atoms with Gasteiger partial charge in [-0.15, -0.1) is 0 Å². The van der Waals surface area contributed by atoms with Crippen LogP contribution < -0.4 is 10.3 Å². The molecule has 4 nitrogen and oxygen atoms in total. The first-order chi connectivity index (χ1) is 8.88. The lowest BCUT2D eigenvalue weighted by Gasteiger charge is -2.47. The second-order valence-electron chi connectivity index (χ2n) is 6.49. The maximum atomic E-state index is 12.2. The number of aromatic nitrogens is 2. The molecule has 104 valence electrons. The molecule has 3 atom stereocenters. The second kappa shape index (κ2) is 4.20. The van der Waals surface area contributed by atoms with Crippen LogP contribution in [-0.4, -0.2) is 15.6 Å². The fraction of sp³-hybridized carbons (Fsp3) is 0.714. The Bertz CT molecular complexity index is 617. The van der Waals surface area contributed by atoms with Crippen molar-refractivity contribution in [2.45, 2.75) is 51.6 Å². The molecule has 0 bridgehead atoms. The molecule has 1 aromatic rings. The van der Waals surface area contributed by atoms with E-state index < -0.39 is 0 Å². The smallest absolute Gasteiger partial charge is 0.259 e. The Balaban J connectivity index is 2.18. The number of fused-ring (bicyclic) bond motifs is 3. The van der Waals surface area contributed by atoms with Crippen LogP contribution in [0.25, 0.3) is 0 Å². The molecule has 0 radical (unpaired) electrons. The fourth-order valence-corrected chi connectivity index (χ4v) is 3.95. The van der Waals surface area contributed by atoms with Gasteiger partial charge in [-0.1, -0.05) is 13.3 Å². The number of H-pyrrole nitrogens is 2. The molecule has 5 heteroatoms.